The van der Waals surface area contributed by atoms with Gasteiger partial charge in [-0.3, -0.25) is 9.59 Å². The molecule has 4 atom stereocenters. The maximum Gasteiger partial charge on any atom is 0.226 e. The van der Waals surface area contributed by atoms with Crippen LogP contribution in [0.1, 0.15) is 87.0 Å². The van der Waals surface area contributed by atoms with Crippen molar-refractivity contribution in [3.05, 3.63) is 0 Å². The molecule has 0 saturated heterocycles. The fourth-order valence-corrected chi connectivity index (χ4v) is 3.44. The van der Waals surface area contributed by atoms with Crippen LogP contribution < -0.4 is 10.6 Å². The number of amides is 2. The third kappa shape index (κ3) is 8.48. The molecule has 0 radical (unpaired) electrons. The van der Waals surface area contributed by atoms with E-state index in [1.54, 1.807) is 14.2 Å². The summed E-state index contributed by atoms with van der Waals surface area (Å²) in [5.74, 6) is -0.0782. The van der Waals surface area contributed by atoms with Crippen molar-refractivity contribution in [1.29, 1.82) is 0 Å². The number of carbonyl (C=O) groups excluding carboxylic acids is 2. The number of hydrogen-bond donors (Lipinski definition) is 2. The van der Waals surface area contributed by atoms with Gasteiger partial charge in [0.05, 0.1) is 11.7 Å². The zero-order valence-electron chi connectivity index (χ0n) is 19.7. The van der Waals surface area contributed by atoms with E-state index >= 15 is 0 Å². The van der Waals surface area contributed by atoms with Crippen molar-refractivity contribution in [2.24, 2.45) is 5.41 Å². The molecular weight excluding hydrogens is 356 g/mol. The van der Waals surface area contributed by atoms with Crippen LogP contribution in [0, 0.1) is 5.41 Å². The van der Waals surface area contributed by atoms with Crippen LogP contribution in [-0.4, -0.2) is 49.8 Å². The van der Waals surface area contributed by atoms with E-state index in [-0.39, 0.29) is 35.5 Å². The van der Waals surface area contributed by atoms with E-state index < -0.39 is 5.41 Å². The Hall–Kier alpha value is -1.14. The van der Waals surface area contributed by atoms with Crippen LogP contribution in [-0.2, 0) is 19.1 Å². The summed E-state index contributed by atoms with van der Waals surface area (Å²) in [6, 6.07) is 0. The topological polar surface area (TPSA) is 76.7 Å². The predicted molar refractivity (Wildman–Crippen MR) is 114 cm³/mol. The van der Waals surface area contributed by atoms with Crippen LogP contribution in [0.3, 0.4) is 0 Å². The molecule has 0 aliphatic rings. The van der Waals surface area contributed by atoms with Gasteiger partial charge in [-0.2, -0.15) is 0 Å². The summed E-state index contributed by atoms with van der Waals surface area (Å²) in [4.78, 5) is 25.1. The molecule has 0 saturated carbocycles. The molecule has 0 heterocycles. The molecule has 2 amide bonds. The van der Waals surface area contributed by atoms with Gasteiger partial charge in [0.2, 0.25) is 11.8 Å². The summed E-state index contributed by atoms with van der Waals surface area (Å²) in [6.45, 7) is 14.5. The molecule has 6 heteroatoms. The quantitative estimate of drug-likeness (QED) is 0.465. The molecule has 0 aliphatic heterocycles. The molecule has 28 heavy (non-hydrogen) atoms. The van der Waals surface area contributed by atoms with E-state index in [2.05, 4.69) is 38.3 Å². The fourth-order valence-electron chi connectivity index (χ4n) is 3.44. The first-order valence-electron chi connectivity index (χ1n) is 10.6. The molecular formula is C22H44N2O4. The van der Waals surface area contributed by atoms with Gasteiger partial charge in [-0.15, -0.1) is 0 Å². The van der Waals surface area contributed by atoms with Gasteiger partial charge in [-0.1, -0.05) is 27.7 Å². The maximum atomic E-state index is 12.6. The van der Waals surface area contributed by atoms with E-state index in [1.807, 2.05) is 20.8 Å². The summed E-state index contributed by atoms with van der Waals surface area (Å²) in [7, 11) is 3.37. The Labute approximate surface area is 172 Å². The molecule has 6 nitrogen and oxygen atoms in total. The van der Waals surface area contributed by atoms with Crippen molar-refractivity contribution in [3.63, 3.8) is 0 Å². The minimum absolute atomic E-state index is 0.0120. The van der Waals surface area contributed by atoms with E-state index in [1.165, 1.54) is 0 Å². The predicted octanol–water partition coefficient (Wildman–Crippen LogP) is 3.82. The first kappa shape index (κ1) is 26.9. The molecule has 0 aromatic heterocycles. The maximum absolute atomic E-state index is 12.6. The Bertz CT molecular complexity index is 493. The normalized spacial score (nSPS) is 19.0. The van der Waals surface area contributed by atoms with Crippen molar-refractivity contribution in [2.75, 3.05) is 20.8 Å². The lowest BCUT2D eigenvalue weighted by molar-refractivity contribution is -0.132. The van der Waals surface area contributed by atoms with E-state index in [0.29, 0.717) is 13.0 Å². The van der Waals surface area contributed by atoms with Crippen LogP contribution in [0.2, 0.25) is 0 Å². The number of hydrogen-bond acceptors (Lipinski definition) is 4. The standard InChI is InChI=1S/C22H44N2O4/c1-10-20(5,15-17(4)27-8)19(26)23-14-13-18(25)24-21(6,11-2)16-22(7,12-3)28-9/h17H,10-16H2,1-9H3,(H,23,26)(H,24,25). The molecule has 0 aromatic carbocycles. The van der Waals surface area contributed by atoms with Gasteiger partial charge in [0.15, 0.2) is 0 Å². The minimum Gasteiger partial charge on any atom is -0.382 e. The van der Waals surface area contributed by atoms with Crippen molar-refractivity contribution < 1.29 is 19.1 Å². The van der Waals surface area contributed by atoms with Gasteiger partial charge in [-0.05, 0) is 52.9 Å². The molecule has 0 rings (SSSR count). The highest BCUT2D eigenvalue weighted by Gasteiger charge is 2.35. The van der Waals surface area contributed by atoms with Gasteiger partial charge < -0.3 is 20.1 Å². The summed E-state index contributed by atoms with van der Waals surface area (Å²) >= 11 is 0. The van der Waals surface area contributed by atoms with Crippen LogP contribution in [0.15, 0.2) is 0 Å². The van der Waals surface area contributed by atoms with Crippen molar-refractivity contribution in [1.82, 2.24) is 10.6 Å². The highest BCUT2D eigenvalue weighted by atomic mass is 16.5. The van der Waals surface area contributed by atoms with Gasteiger partial charge in [0.1, 0.15) is 0 Å². The van der Waals surface area contributed by atoms with Crippen LogP contribution in [0.5, 0.6) is 0 Å². The second-order valence-corrected chi connectivity index (χ2v) is 8.82. The first-order valence-corrected chi connectivity index (χ1v) is 10.6. The van der Waals surface area contributed by atoms with Crippen LogP contribution in [0.25, 0.3) is 0 Å². The third-order valence-electron chi connectivity index (χ3n) is 6.33. The summed E-state index contributed by atoms with van der Waals surface area (Å²) in [6.07, 6.45) is 4.07. The van der Waals surface area contributed by atoms with Crippen molar-refractivity contribution in [2.45, 2.75) is 104 Å². The van der Waals surface area contributed by atoms with Gasteiger partial charge in [0, 0.05) is 38.1 Å². The second-order valence-electron chi connectivity index (χ2n) is 8.82. The summed E-state index contributed by atoms with van der Waals surface area (Å²) in [5.41, 5.74) is -1.10. The zero-order valence-corrected chi connectivity index (χ0v) is 19.7. The number of nitrogens with one attached hydrogen (secondary N) is 2. The molecule has 0 aromatic rings. The van der Waals surface area contributed by atoms with Crippen LogP contribution >= 0.6 is 0 Å². The number of rotatable bonds is 14. The van der Waals surface area contributed by atoms with Gasteiger partial charge in [0.25, 0.3) is 0 Å². The Kier molecular flexibility index (Phi) is 11.3. The highest BCUT2D eigenvalue weighted by molar-refractivity contribution is 5.83. The lowest BCUT2D eigenvalue weighted by Gasteiger charge is -2.38. The molecule has 0 spiro atoms. The largest absolute Gasteiger partial charge is 0.382 e. The Morgan fingerprint density at radius 2 is 1.61 bits per heavy atom. The van der Waals surface area contributed by atoms with Gasteiger partial charge >= 0.3 is 0 Å². The smallest absolute Gasteiger partial charge is 0.226 e. The van der Waals surface area contributed by atoms with Crippen molar-refractivity contribution >= 4 is 11.8 Å². The molecule has 4 unspecified atom stereocenters. The molecule has 0 bridgehead atoms. The molecule has 0 aliphatic carbocycles. The minimum atomic E-state index is -0.495. The van der Waals surface area contributed by atoms with Gasteiger partial charge in [-0.25, -0.2) is 0 Å². The summed E-state index contributed by atoms with van der Waals surface area (Å²) in [5, 5.41) is 6.07. The lowest BCUT2D eigenvalue weighted by Crippen LogP contribution is -2.51. The highest BCUT2D eigenvalue weighted by Crippen LogP contribution is 2.29. The SMILES string of the molecule is CCC(C)(CC(C)(CC)OC)NC(=O)CCNC(=O)C(C)(CC)CC(C)OC. The van der Waals surface area contributed by atoms with E-state index in [9.17, 15) is 9.59 Å². The molecule has 0 fully saturated rings. The number of ether oxygens (including phenoxy) is 2. The number of methoxy groups -OCH3 is 2. The molecule has 166 valence electrons. The van der Waals surface area contributed by atoms with Crippen molar-refractivity contribution in [3.8, 4) is 0 Å². The average molecular weight is 401 g/mol. The lowest BCUT2D eigenvalue weighted by atomic mass is 9.81. The van der Waals surface area contributed by atoms with E-state index in [0.717, 1.165) is 25.7 Å². The van der Waals surface area contributed by atoms with E-state index in [4.69, 9.17) is 9.47 Å². The molecule has 2 N–H and O–H groups in total. The zero-order chi connectivity index (χ0) is 22.0. The summed E-state index contributed by atoms with van der Waals surface area (Å²) < 4.78 is 11.0. The number of carbonyl (C=O) groups is 2. The van der Waals surface area contributed by atoms with Crippen LogP contribution in [0.4, 0.5) is 0 Å². The average Bonchev–Trinajstić information content (AvgIpc) is 2.67. The second kappa shape index (κ2) is 11.8. The first-order chi connectivity index (χ1) is 12.9. The Morgan fingerprint density at radius 1 is 1.00 bits per heavy atom. The Morgan fingerprint density at radius 3 is 2.04 bits per heavy atom. The third-order valence-corrected chi connectivity index (χ3v) is 6.33. The Balaban J connectivity index is 4.70. The monoisotopic (exact) mass is 400 g/mol. The fraction of sp³-hybridized carbons (Fsp3) is 0.909.